The second kappa shape index (κ2) is 5.38. The molecule has 2 fully saturated rings. The number of aliphatic hydroxyl groups excluding tert-OH is 1. The van der Waals surface area contributed by atoms with Gasteiger partial charge < -0.3 is 10.4 Å². The number of aliphatic hydroxyl groups is 1. The molecule has 0 aliphatic heterocycles. The van der Waals surface area contributed by atoms with E-state index in [9.17, 15) is 5.11 Å². The molecular formula is C14H21N3OS. The fourth-order valence-electron chi connectivity index (χ4n) is 2.75. The summed E-state index contributed by atoms with van der Waals surface area (Å²) in [5.41, 5.74) is 1.04. The summed E-state index contributed by atoms with van der Waals surface area (Å²) in [6, 6.07) is 0.645. The summed E-state index contributed by atoms with van der Waals surface area (Å²) in [6.45, 7) is 2.25. The van der Waals surface area contributed by atoms with Crippen LogP contribution in [0.3, 0.4) is 0 Å². The minimum atomic E-state index is -0.0521. The van der Waals surface area contributed by atoms with Gasteiger partial charge in [-0.1, -0.05) is 11.8 Å². The summed E-state index contributed by atoms with van der Waals surface area (Å²) in [7, 11) is 0. The van der Waals surface area contributed by atoms with Gasteiger partial charge in [0.1, 0.15) is 0 Å². The fraction of sp³-hybridized carbons (Fsp3) is 0.714. The van der Waals surface area contributed by atoms with Gasteiger partial charge in [-0.15, -0.1) is 0 Å². The predicted molar refractivity (Wildman–Crippen MR) is 76.2 cm³/mol. The maximum Gasteiger partial charge on any atom is 0.187 e. The van der Waals surface area contributed by atoms with Crippen molar-refractivity contribution in [1.29, 1.82) is 0 Å². The van der Waals surface area contributed by atoms with Crippen LogP contribution in [0.1, 0.15) is 37.7 Å². The highest BCUT2D eigenvalue weighted by Gasteiger charge is 2.42. The van der Waals surface area contributed by atoms with Crippen molar-refractivity contribution in [2.45, 2.75) is 61.0 Å². The highest BCUT2D eigenvalue weighted by atomic mass is 32.2. The van der Waals surface area contributed by atoms with Gasteiger partial charge >= 0.3 is 0 Å². The quantitative estimate of drug-likeness (QED) is 0.806. The number of aryl methyl sites for hydroxylation is 1. The zero-order chi connectivity index (χ0) is 13.3. The van der Waals surface area contributed by atoms with Gasteiger partial charge in [-0.25, -0.2) is 9.97 Å². The number of aromatic nitrogens is 2. The lowest BCUT2D eigenvalue weighted by molar-refractivity contribution is 0.163. The van der Waals surface area contributed by atoms with E-state index in [1.54, 1.807) is 11.8 Å². The zero-order valence-corrected chi connectivity index (χ0v) is 12.1. The molecule has 0 spiro atoms. The van der Waals surface area contributed by atoms with Gasteiger partial charge in [0.15, 0.2) is 5.16 Å². The topological polar surface area (TPSA) is 58.0 Å². The Morgan fingerprint density at radius 1 is 1.37 bits per heavy atom. The van der Waals surface area contributed by atoms with Gasteiger partial charge in [0.25, 0.3) is 0 Å². The standard InChI is InChI=1S/C14H21N3OS/c1-10-7-15-13(16-8-10)19-12-4-5-14(6-12,9-18)17-11-2-3-11/h7-8,11-12,17-18H,2-6,9H2,1H3. The minimum absolute atomic E-state index is 0.0521. The van der Waals surface area contributed by atoms with Crippen molar-refractivity contribution < 1.29 is 5.11 Å². The third-order valence-electron chi connectivity index (χ3n) is 3.98. The summed E-state index contributed by atoms with van der Waals surface area (Å²) in [5, 5.41) is 14.7. The third kappa shape index (κ3) is 3.27. The van der Waals surface area contributed by atoms with Crippen molar-refractivity contribution in [1.82, 2.24) is 15.3 Å². The Morgan fingerprint density at radius 2 is 2.11 bits per heavy atom. The van der Waals surface area contributed by atoms with E-state index in [0.29, 0.717) is 11.3 Å². The average Bonchev–Trinajstić information content (AvgIpc) is 3.13. The Labute approximate surface area is 118 Å². The van der Waals surface area contributed by atoms with Gasteiger partial charge in [0.05, 0.1) is 6.61 Å². The van der Waals surface area contributed by atoms with Gasteiger partial charge in [-0.05, 0) is 44.6 Å². The minimum Gasteiger partial charge on any atom is -0.394 e. The van der Waals surface area contributed by atoms with Crippen LogP contribution >= 0.6 is 11.8 Å². The van der Waals surface area contributed by atoms with Gasteiger partial charge in [-0.3, -0.25) is 0 Å². The lowest BCUT2D eigenvalue weighted by atomic mass is 9.99. The number of thioether (sulfide) groups is 1. The van der Waals surface area contributed by atoms with Gasteiger partial charge in [0.2, 0.25) is 0 Å². The molecule has 3 rings (SSSR count). The molecule has 5 heteroatoms. The van der Waals surface area contributed by atoms with Crippen LogP contribution in [-0.4, -0.2) is 38.5 Å². The lowest BCUT2D eigenvalue weighted by Crippen LogP contribution is -2.47. The number of hydrogen-bond acceptors (Lipinski definition) is 5. The van der Waals surface area contributed by atoms with Crippen molar-refractivity contribution in [3.8, 4) is 0 Å². The molecule has 1 aromatic rings. The Balaban J connectivity index is 1.59. The van der Waals surface area contributed by atoms with Crippen LogP contribution in [0, 0.1) is 6.92 Å². The second-order valence-corrected chi connectivity index (χ2v) is 7.15. The largest absolute Gasteiger partial charge is 0.394 e. The Bertz CT molecular complexity index is 435. The van der Waals surface area contributed by atoms with Crippen LogP contribution in [0.2, 0.25) is 0 Å². The van der Waals surface area contributed by atoms with E-state index in [1.807, 2.05) is 19.3 Å². The van der Waals surface area contributed by atoms with E-state index < -0.39 is 0 Å². The smallest absolute Gasteiger partial charge is 0.187 e. The molecule has 0 radical (unpaired) electrons. The van der Waals surface area contributed by atoms with Crippen molar-refractivity contribution in [2.75, 3.05) is 6.61 Å². The van der Waals surface area contributed by atoms with Crippen LogP contribution in [0.5, 0.6) is 0 Å². The summed E-state index contributed by atoms with van der Waals surface area (Å²) >= 11 is 1.75. The molecule has 1 aromatic heterocycles. The molecule has 19 heavy (non-hydrogen) atoms. The molecule has 2 N–H and O–H groups in total. The molecule has 2 atom stereocenters. The predicted octanol–water partition coefficient (Wildman–Crippen LogP) is 1.91. The maximum absolute atomic E-state index is 9.71. The normalized spacial score (nSPS) is 30.7. The van der Waals surface area contributed by atoms with E-state index >= 15 is 0 Å². The van der Waals surface area contributed by atoms with Gasteiger partial charge in [-0.2, -0.15) is 0 Å². The van der Waals surface area contributed by atoms with Crippen LogP contribution in [-0.2, 0) is 0 Å². The number of rotatable bonds is 5. The van der Waals surface area contributed by atoms with Crippen LogP contribution in [0.25, 0.3) is 0 Å². The number of nitrogens with one attached hydrogen (secondary N) is 1. The summed E-state index contributed by atoms with van der Waals surface area (Å²) in [6.07, 6.45) is 9.47. The van der Waals surface area contributed by atoms with E-state index in [4.69, 9.17) is 0 Å². The molecule has 0 bridgehead atoms. The first-order valence-electron chi connectivity index (χ1n) is 7.03. The summed E-state index contributed by atoms with van der Waals surface area (Å²) in [4.78, 5) is 8.72. The molecule has 4 nitrogen and oxygen atoms in total. The fourth-order valence-corrected chi connectivity index (χ4v) is 3.91. The molecule has 104 valence electrons. The van der Waals surface area contributed by atoms with E-state index in [1.165, 1.54) is 12.8 Å². The summed E-state index contributed by atoms with van der Waals surface area (Å²) < 4.78 is 0. The lowest BCUT2D eigenvalue weighted by Gasteiger charge is -2.28. The highest BCUT2D eigenvalue weighted by Crippen LogP contribution is 2.40. The molecule has 1 heterocycles. The van der Waals surface area contributed by atoms with Gasteiger partial charge in [0, 0.05) is 29.2 Å². The van der Waals surface area contributed by atoms with E-state index in [0.717, 1.165) is 30.0 Å². The molecule has 2 unspecified atom stereocenters. The van der Waals surface area contributed by atoms with Crippen molar-refractivity contribution in [3.05, 3.63) is 18.0 Å². The van der Waals surface area contributed by atoms with Crippen LogP contribution in [0.15, 0.2) is 17.6 Å². The van der Waals surface area contributed by atoms with Crippen molar-refractivity contribution >= 4 is 11.8 Å². The SMILES string of the molecule is Cc1cnc(SC2CCC(CO)(NC3CC3)C2)nc1. The first kappa shape index (κ1) is 13.3. The van der Waals surface area contributed by atoms with E-state index in [-0.39, 0.29) is 12.1 Å². The Hall–Kier alpha value is -0.650. The molecular weight excluding hydrogens is 258 g/mol. The number of nitrogens with zero attached hydrogens (tertiary/aromatic N) is 2. The van der Waals surface area contributed by atoms with E-state index in [2.05, 4.69) is 15.3 Å². The first-order chi connectivity index (χ1) is 9.19. The van der Waals surface area contributed by atoms with Crippen molar-refractivity contribution in [2.24, 2.45) is 0 Å². The zero-order valence-electron chi connectivity index (χ0n) is 11.3. The molecule has 2 aliphatic rings. The molecule has 0 aromatic carbocycles. The Kier molecular flexibility index (Phi) is 3.78. The first-order valence-corrected chi connectivity index (χ1v) is 7.91. The molecule has 0 amide bonds. The van der Waals surface area contributed by atoms with Crippen LogP contribution in [0.4, 0.5) is 0 Å². The monoisotopic (exact) mass is 279 g/mol. The molecule has 2 aliphatic carbocycles. The number of hydrogen-bond donors (Lipinski definition) is 2. The van der Waals surface area contributed by atoms with Crippen molar-refractivity contribution in [3.63, 3.8) is 0 Å². The molecule has 2 saturated carbocycles. The highest BCUT2D eigenvalue weighted by molar-refractivity contribution is 7.99. The third-order valence-corrected chi connectivity index (χ3v) is 5.14. The molecule has 0 saturated heterocycles. The van der Waals surface area contributed by atoms with Crippen LogP contribution < -0.4 is 5.32 Å². The maximum atomic E-state index is 9.71. The average molecular weight is 279 g/mol. The Morgan fingerprint density at radius 3 is 2.74 bits per heavy atom. The summed E-state index contributed by atoms with van der Waals surface area (Å²) in [5.74, 6) is 0. The second-order valence-electron chi connectivity index (χ2n) is 5.88.